The van der Waals surface area contributed by atoms with Crippen LogP contribution < -0.4 is 0 Å². The van der Waals surface area contributed by atoms with Crippen LogP contribution in [0, 0.1) is 6.92 Å². The van der Waals surface area contributed by atoms with Crippen LogP contribution in [0.4, 0.5) is 0 Å². The number of hydrogen-bond acceptors (Lipinski definition) is 2. The molecule has 0 aliphatic rings. The lowest BCUT2D eigenvalue weighted by Crippen LogP contribution is -1.96. The Labute approximate surface area is 95.9 Å². The van der Waals surface area contributed by atoms with Gasteiger partial charge in [0, 0.05) is 22.4 Å². The fraction of sp³-hybridized carbons (Fsp3) is 0.0909. The van der Waals surface area contributed by atoms with Crippen LogP contribution >= 0.6 is 15.9 Å². The van der Waals surface area contributed by atoms with Crippen molar-refractivity contribution in [3.8, 4) is 5.69 Å². The van der Waals surface area contributed by atoms with Crippen LogP contribution in [0.5, 0.6) is 0 Å². The van der Waals surface area contributed by atoms with E-state index in [2.05, 4.69) is 20.9 Å². The van der Waals surface area contributed by atoms with Gasteiger partial charge in [0.2, 0.25) is 0 Å². The Morgan fingerprint density at radius 2 is 2.27 bits per heavy atom. The van der Waals surface area contributed by atoms with Gasteiger partial charge in [-0.05, 0) is 24.6 Å². The first-order chi connectivity index (χ1) is 7.22. The first kappa shape index (κ1) is 10.1. The Morgan fingerprint density at radius 1 is 1.47 bits per heavy atom. The van der Waals surface area contributed by atoms with Crippen LogP contribution in [0.1, 0.15) is 15.9 Å². The minimum Gasteiger partial charge on any atom is -0.306 e. The molecule has 0 bridgehead atoms. The molecule has 0 saturated heterocycles. The summed E-state index contributed by atoms with van der Waals surface area (Å²) in [6.45, 7) is 1.99. The first-order valence-corrected chi connectivity index (χ1v) is 5.25. The molecule has 0 radical (unpaired) electrons. The number of benzene rings is 1. The van der Waals surface area contributed by atoms with E-state index in [-0.39, 0.29) is 0 Å². The molecule has 0 aliphatic carbocycles. The summed E-state index contributed by atoms with van der Waals surface area (Å²) in [5, 5.41) is 0. The van der Waals surface area contributed by atoms with Crippen molar-refractivity contribution in [3.05, 3.63) is 46.5 Å². The Bertz CT molecular complexity index is 492. The van der Waals surface area contributed by atoms with E-state index >= 15 is 0 Å². The van der Waals surface area contributed by atoms with Crippen LogP contribution in [0.15, 0.2) is 35.3 Å². The van der Waals surface area contributed by atoms with Gasteiger partial charge in [-0.15, -0.1) is 0 Å². The zero-order valence-corrected chi connectivity index (χ0v) is 9.73. The van der Waals surface area contributed by atoms with E-state index in [0.29, 0.717) is 5.56 Å². The SMILES string of the molecule is Cc1cc(Br)c(C=O)cc1-n1ccnc1. The number of imidazole rings is 1. The standard InChI is InChI=1S/C11H9BrN2O/c1-8-4-10(12)9(6-15)5-11(8)14-3-2-13-7-14/h2-7H,1H3. The minimum absolute atomic E-state index is 0.643. The summed E-state index contributed by atoms with van der Waals surface area (Å²) in [6.07, 6.45) is 6.11. The summed E-state index contributed by atoms with van der Waals surface area (Å²) in [5.74, 6) is 0. The molecule has 0 aliphatic heterocycles. The van der Waals surface area contributed by atoms with Crippen molar-refractivity contribution in [1.82, 2.24) is 9.55 Å². The number of aryl methyl sites for hydroxylation is 1. The molecule has 1 aromatic carbocycles. The van der Waals surface area contributed by atoms with E-state index in [1.165, 1.54) is 0 Å². The van der Waals surface area contributed by atoms with Crippen molar-refractivity contribution in [2.24, 2.45) is 0 Å². The van der Waals surface area contributed by atoms with Gasteiger partial charge >= 0.3 is 0 Å². The topological polar surface area (TPSA) is 34.9 Å². The van der Waals surface area contributed by atoms with Gasteiger partial charge in [0.1, 0.15) is 0 Å². The Kier molecular flexibility index (Phi) is 2.68. The lowest BCUT2D eigenvalue weighted by molar-refractivity contribution is 0.112. The van der Waals surface area contributed by atoms with E-state index in [4.69, 9.17) is 0 Å². The van der Waals surface area contributed by atoms with E-state index in [0.717, 1.165) is 22.0 Å². The number of halogens is 1. The second kappa shape index (κ2) is 3.98. The molecular weight excluding hydrogens is 256 g/mol. The van der Waals surface area contributed by atoms with E-state index < -0.39 is 0 Å². The predicted octanol–water partition coefficient (Wildman–Crippen LogP) is 2.76. The van der Waals surface area contributed by atoms with E-state index in [9.17, 15) is 4.79 Å². The summed E-state index contributed by atoms with van der Waals surface area (Å²) in [4.78, 5) is 14.8. The Morgan fingerprint density at radius 3 is 2.87 bits per heavy atom. The average Bonchev–Trinajstić information content (AvgIpc) is 2.71. The fourth-order valence-electron chi connectivity index (χ4n) is 1.45. The largest absolute Gasteiger partial charge is 0.306 e. The zero-order chi connectivity index (χ0) is 10.8. The molecular formula is C11H9BrN2O. The van der Waals surface area contributed by atoms with E-state index in [1.54, 1.807) is 12.5 Å². The molecule has 3 nitrogen and oxygen atoms in total. The highest BCUT2D eigenvalue weighted by Gasteiger charge is 2.06. The van der Waals surface area contributed by atoms with Gasteiger partial charge < -0.3 is 4.57 Å². The van der Waals surface area contributed by atoms with Crippen molar-refractivity contribution in [2.45, 2.75) is 6.92 Å². The normalized spacial score (nSPS) is 10.3. The second-order valence-corrected chi connectivity index (χ2v) is 4.10. The molecule has 2 rings (SSSR count). The number of carbonyl (C=O) groups is 1. The fourth-order valence-corrected chi connectivity index (χ4v) is 2.00. The molecule has 0 spiro atoms. The maximum atomic E-state index is 10.8. The first-order valence-electron chi connectivity index (χ1n) is 4.46. The third-order valence-electron chi connectivity index (χ3n) is 2.22. The van der Waals surface area contributed by atoms with Gasteiger partial charge in [-0.1, -0.05) is 15.9 Å². The molecule has 15 heavy (non-hydrogen) atoms. The highest BCUT2D eigenvalue weighted by Crippen LogP contribution is 2.22. The van der Waals surface area contributed by atoms with Crippen LogP contribution in [-0.2, 0) is 0 Å². The third kappa shape index (κ3) is 1.85. The molecule has 2 aromatic rings. The molecule has 4 heteroatoms. The molecule has 1 heterocycles. The lowest BCUT2D eigenvalue weighted by Gasteiger charge is -2.08. The summed E-state index contributed by atoms with van der Waals surface area (Å²) in [6, 6.07) is 3.77. The maximum absolute atomic E-state index is 10.8. The summed E-state index contributed by atoms with van der Waals surface area (Å²) >= 11 is 3.35. The molecule has 1 aromatic heterocycles. The number of aldehydes is 1. The van der Waals surface area contributed by atoms with Gasteiger partial charge in [-0.25, -0.2) is 4.98 Å². The average molecular weight is 265 g/mol. The molecule has 0 unspecified atom stereocenters. The van der Waals surface area contributed by atoms with Gasteiger partial charge in [-0.2, -0.15) is 0 Å². The number of aromatic nitrogens is 2. The van der Waals surface area contributed by atoms with Gasteiger partial charge in [-0.3, -0.25) is 4.79 Å². The van der Waals surface area contributed by atoms with Crippen LogP contribution in [0.2, 0.25) is 0 Å². The zero-order valence-electron chi connectivity index (χ0n) is 8.14. The lowest BCUT2D eigenvalue weighted by atomic mass is 10.1. The highest BCUT2D eigenvalue weighted by atomic mass is 79.9. The van der Waals surface area contributed by atoms with Crippen molar-refractivity contribution < 1.29 is 4.79 Å². The van der Waals surface area contributed by atoms with Crippen molar-refractivity contribution >= 4 is 22.2 Å². The second-order valence-electron chi connectivity index (χ2n) is 3.25. The molecule has 0 fully saturated rings. The monoisotopic (exact) mass is 264 g/mol. The molecule has 0 saturated carbocycles. The smallest absolute Gasteiger partial charge is 0.151 e. The number of hydrogen-bond donors (Lipinski definition) is 0. The quantitative estimate of drug-likeness (QED) is 0.782. The number of carbonyl (C=O) groups excluding carboxylic acids is 1. The highest BCUT2D eigenvalue weighted by molar-refractivity contribution is 9.10. The summed E-state index contributed by atoms with van der Waals surface area (Å²) in [5.41, 5.74) is 2.70. The van der Waals surface area contributed by atoms with Crippen molar-refractivity contribution in [3.63, 3.8) is 0 Å². The van der Waals surface area contributed by atoms with Crippen molar-refractivity contribution in [2.75, 3.05) is 0 Å². The Balaban J connectivity index is 2.62. The van der Waals surface area contributed by atoms with Gasteiger partial charge in [0.05, 0.1) is 12.0 Å². The summed E-state index contributed by atoms with van der Waals surface area (Å²) < 4.78 is 2.70. The molecule has 76 valence electrons. The number of rotatable bonds is 2. The summed E-state index contributed by atoms with van der Waals surface area (Å²) in [7, 11) is 0. The van der Waals surface area contributed by atoms with Crippen molar-refractivity contribution in [1.29, 1.82) is 0 Å². The van der Waals surface area contributed by atoms with Gasteiger partial charge in [0.25, 0.3) is 0 Å². The van der Waals surface area contributed by atoms with Gasteiger partial charge in [0.15, 0.2) is 6.29 Å². The molecule has 0 N–H and O–H groups in total. The predicted molar refractivity (Wildman–Crippen MR) is 61.4 cm³/mol. The Hall–Kier alpha value is -1.42. The number of nitrogens with zero attached hydrogens (tertiary/aromatic N) is 2. The third-order valence-corrected chi connectivity index (χ3v) is 2.91. The van der Waals surface area contributed by atoms with Crippen LogP contribution in [-0.4, -0.2) is 15.8 Å². The molecule has 0 amide bonds. The maximum Gasteiger partial charge on any atom is 0.151 e. The molecule has 0 atom stereocenters. The van der Waals surface area contributed by atoms with Crippen LogP contribution in [0.25, 0.3) is 5.69 Å². The van der Waals surface area contributed by atoms with Crippen LogP contribution in [0.3, 0.4) is 0 Å². The minimum atomic E-state index is 0.643. The van der Waals surface area contributed by atoms with E-state index in [1.807, 2.05) is 29.8 Å².